The maximum atomic E-state index is 13.5. The average molecular weight is 274 g/mol. The second-order valence-corrected chi connectivity index (χ2v) is 4.37. The second-order valence-electron chi connectivity index (χ2n) is 4.37. The number of nitro benzene ring substituents is 1. The molecule has 1 aromatic carbocycles. The molecule has 0 amide bonds. The van der Waals surface area contributed by atoms with E-state index in [0.717, 1.165) is 12.1 Å². The van der Waals surface area contributed by atoms with Crippen LogP contribution in [0.5, 0.6) is 0 Å². The SMILES string of the molecule is CC(CO)CCCNc1c([N+](=O)[O-])ccc(F)c1F. The van der Waals surface area contributed by atoms with Gasteiger partial charge in [0.2, 0.25) is 0 Å². The molecule has 5 nitrogen and oxygen atoms in total. The fraction of sp³-hybridized carbons (Fsp3) is 0.500. The molecule has 0 fully saturated rings. The van der Waals surface area contributed by atoms with E-state index in [4.69, 9.17) is 5.11 Å². The molecule has 0 aromatic heterocycles. The topological polar surface area (TPSA) is 75.4 Å². The van der Waals surface area contributed by atoms with E-state index in [1.165, 1.54) is 0 Å². The summed E-state index contributed by atoms with van der Waals surface area (Å²) >= 11 is 0. The van der Waals surface area contributed by atoms with Gasteiger partial charge < -0.3 is 10.4 Å². The van der Waals surface area contributed by atoms with E-state index in [-0.39, 0.29) is 19.1 Å². The van der Waals surface area contributed by atoms with Crippen LogP contribution in [0.2, 0.25) is 0 Å². The van der Waals surface area contributed by atoms with Crippen molar-refractivity contribution in [1.29, 1.82) is 0 Å². The van der Waals surface area contributed by atoms with Crippen LogP contribution in [-0.2, 0) is 0 Å². The van der Waals surface area contributed by atoms with Crippen LogP contribution in [0.1, 0.15) is 19.8 Å². The highest BCUT2D eigenvalue weighted by Crippen LogP contribution is 2.29. The highest BCUT2D eigenvalue weighted by Gasteiger charge is 2.21. The minimum Gasteiger partial charge on any atom is -0.396 e. The number of nitro groups is 1. The van der Waals surface area contributed by atoms with Gasteiger partial charge in [-0.2, -0.15) is 0 Å². The summed E-state index contributed by atoms with van der Waals surface area (Å²) in [6.45, 7) is 2.17. The van der Waals surface area contributed by atoms with Crippen LogP contribution in [0.3, 0.4) is 0 Å². The highest BCUT2D eigenvalue weighted by atomic mass is 19.2. The Morgan fingerprint density at radius 1 is 1.47 bits per heavy atom. The Balaban J connectivity index is 2.71. The fourth-order valence-electron chi connectivity index (χ4n) is 1.62. The van der Waals surface area contributed by atoms with Crippen molar-refractivity contribution in [1.82, 2.24) is 0 Å². The first-order chi connectivity index (χ1) is 8.97. The molecule has 0 aliphatic heterocycles. The number of halogens is 2. The predicted molar refractivity (Wildman–Crippen MR) is 67.0 cm³/mol. The number of aliphatic hydroxyl groups excluding tert-OH is 1. The summed E-state index contributed by atoms with van der Waals surface area (Å²) in [4.78, 5) is 9.95. The normalized spacial score (nSPS) is 12.2. The molecule has 1 atom stereocenters. The molecule has 0 heterocycles. The maximum Gasteiger partial charge on any atom is 0.295 e. The van der Waals surface area contributed by atoms with E-state index in [1.54, 1.807) is 0 Å². The minimum atomic E-state index is -1.25. The fourth-order valence-corrected chi connectivity index (χ4v) is 1.62. The molecule has 0 aliphatic carbocycles. The van der Waals surface area contributed by atoms with Gasteiger partial charge in [0.15, 0.2) is 17.3 Å². The van der Waals surface area contributed by atoms with Crippen molar-refractivity contribution in [2.24, 2.45) is 5.92 Å². The number of nitrogens with one attached hydrogen (secondary N) is 1. The predicted octanol–water partition coefficient (Wildman–Crippen LogP) is 2.69. The summed E-state index contributed by atoms with van der Waals surface area (Å²) in [6.07, 6.45) is 1.28. The Labute approximate surface area is 109 Å². The van der Waals surface area contributed by atoms with E-state index in [1.807, 2.05) is 6.92 Å². The molecule has 7 heteroatoms. The Bertz CT molecular complexity index is 455. The van der Waals surface area contributed by atoms with Crippen LogP contribution in [0.4, 0.5) is 20.2 Å². The third kappa shape index (κ3) is 4.13. The van der Waals surface area contributed by atoms with Crippen molar-refractivity contribution in [3.8, 4) is 0 Å². The van der Waals surface area contributed by atoms with Crippen LogP contribution in [-0.4, -0.2) is 23.2 Å². The lowest BCUT2D eigenvalue weighted by molar-refractivity contribution is -0.384. The number of anilines is 1. The van der Waals surface area contributed by atoms with E-state index in [9.17, 15) is 18.9 Å². The lowest BCUT2D eigenvalue weighted by Crippen LogP contribution is -2.09. The van der Waals surface area contributed by atoms with E-state index < -0.39 is 27.9 Å². The van der Waals surface area contributed by atoms with Crippen LogP contribution in [0, 0.1) is 27.7 Å². The maximum absolute atomic E-state index is 13.5. The molecule has 19 heavy (non-hydrogen) atoms. The summed E-state index contributed by atoms with van der Waals surface area (Å²) in [5, 5.41) is 22.1. The molecule has 106 valence electrons. The first-order valence-electron chi connectivity index (χ1n) is 5.94. The smallest absolute Gasteiger partial charge is 0.295 e. The summed E-state index contributed by atoms with van der Waals surface area (Å²) in [5.74, 6) is -2.27. The standard InChI is InChI=1S/C12H16F2N2O3/c1-8(7-17)3-2-6-15-12-10(16(18)19)5-4-9(13)11(12)14/h4-5,8,15,17H,2-3,6-7H2,1H3. The monoisotopic (exact) mass is 274 g/mol. The van der Waals surface area contributed by atoms with Gasteiger partial charge in [-0.1, -0.05) is 6.92 Å². The summed E-state index contributed by atoms with van der Waals surface area (Å²) in [6, 6.07) is 1.66. The number of rotatable bonds is 7. The van der Waals surface area contributed by atoms with Crippen molar-refractivity contribution in [2.45, 2.75) is 19.8 Å². The zero-order valence-corrected chi connectivity index (χ0v) is 10.5. The van der Waals surface area contributed by atoms with Gasteiger partial charge in [-0.05, 0) is 24.8 Å². The van der Waals surface area contributed by atoms with Crippen molar-refractivity contribution in [3.05, 3.63) is 33.9 Å². The number of hydrogen-bond acceptors (Lipinski definition) is 4. The van der Waals surface area contributed by atoms with Crippen LogP contribution < -0.4 is 5.32 Å². The van der Waals surface area contributed by atoms with Crippen molar-refractivity contribution >= 4 is 11.4 Å². The number of benzene rings is 1. The second kappa shape index (κ2) is 6.98. The summed E-state index contributed by atoms with van der Waals surface area (Å²) < 4.78 is 26.5. The van der Waals surface area contributed by atoms with Crippen LogP contribution >= 0.6 is 0 Å². The van der Waals surface area contributed by atoms with Gasteiger partial charge in [0.05, 0.1) is 4.92 Å². The van der Waals surface area contributed by atoms with Crippen molar-refractivity contribution in [3.63, 3.8) is 0 Å². The van der Waals surface area contributed by atoms with E-state index in [2.05, 4.69) is 5.32 Å². The molecule has 0 aliphatic rings. The van der Waals surface area contributed by atoms with Gasteiger partial charge in [-0.15, -0.1) is 0 Å². The van der Waals surface area contributed by atoms with Gasteiger partial charge in [-0.25, -0.2) is 8.78 Å². The van der Waals surface area contributed by atoms with Gasteiger partial charge in [-0.3, -0.25) is 10.1 Å². The van der Waals surface area contributed by atoms with Gasteiger partial charge >= 0.3 is 0 Å². The summed E-state index contributed by atoms with van der Waals surface area (Å²) in [7, 11) is 0. The van der Waals surface area contributed by atoms with Crippen molar-refractivity contribution in [2.75, 3.05) is 18.5 Å². The van der Waals surface area contributed by atoms with Gasteiger partial charge in [0.25, 0.3) is 5.69 Å². The quantitative estimate of drug-likeness (QED) is 0.455. The number of nitrogens with zero attached hydrogens (tertiary/aromatic N) is 1. The molecule has 1 unspecified atom stereocenters. The van der Waals surface area contributed by atoms with Gasteiger partial charge in [0, 0.05) is 19.2 Å². The molecule has 0 saturated carbocycles. The van der Waals surface area contributed by atoms with Crippen LogP contribution in [0.15, 0.2) is 12.1 Å². The third-order valence-electron chi connectivity index (χ3n) is 2.76. The lowest BCUT2D eigenvalue weighted by atomic mass is 10.1. The largest absolute Gasteiger partial charge is 0.396 e. The Morgan fingerprint density at radius 2 is 2.16 bits per heavy atom. The molecule has 1 aromatic rings. The first-order valence-corrected chi connectivity index (χ1v) is 5.94. The molecular formula is C12H16F2N2O3. The van der Waals surface area contributed by atoms with Crippen LogP contribution in [0.25, 0.3) is 0 Å². The Kier molecular flexibility index (Phi) is 5.62. The van der Waals surface area contributed by atoms with Gasteiger partial charge in [0.1, 0.15) is 0 Å². The molecule has 0 saturated heterocycles. The average Bonchev–Trinajstić information content (AvgIpc) is 2.38. The first kappa shape index (κ1) is 15.3. The molecule has 2 N–H and O–H groups in total. The molecule has 1 rings (SSSR count). The van der Waals surface area contributed by atoms with E-state index >= 15 is 0 Å². The Hall–Kier alpha value is -1.76. The lowest BCUT2D eigenvalue weighted by Gasteiger charge is -2.10. The molecule has 0 spiro atoms. The number of hydrogen-bond donors (Lipinski definition) is 2. The highest BCUT2D eigenvalue weighted by molar-refractivity contribution is 5.62. The van der Waals surface area contributed by atoms with Crippen molar-refractivity contribution < 1.29 is 18.8 Å². The number of aliphatic hydroxyl groups is 1. The molecule has 0 bridgehead atoms. The molecular weight excluding hydrogens is 258 g/mol. The minimum absolute atomic E-state index is 0.0501. The summed E-state index contributed by atoms with van der Waals surface area (Å²) in [5.41, 5.74) is -0.921. The Morgan fingerprint density at radius 3 is 2.74 bits per heavy atom. The van der Waals surface area contributed by atoms with E-state index in [0.29, 0.717) is 12.8 Å². The zero-order valence-electron chi connectivity index (χ0n) is 10.5. The molecule has 0 radical (unpaired) electrons. The zero-order chi connectivity index (χ0) is 14.4. The third-order valence-corrected chi connectivity index (χ3v) is 2.76.